The van der Waals surface area contributed by atoms with Crippen LogP contribution in [-0.4, -0.2) is 41.6 Å². The van der Waals surface area contributed by atoms with Crippen LogP contribution in [0.5, 0.6) is 0 Å². The van der Waals surface area contributed by atoms with E-state index < -0.39 is 26.6 Å². The summed E-state index contributed by atoms with van der Waals surface area (Å²) in [5.74, 6) is 0. The van der Waals surface area contributed by atoms with Crippen LogP contribution in [0.15, 0.2) is 48.5 Å². The van der Waals surface area contributed by atoms with E-state index in [4.69, 9.17) is 33.9 Å². The van der Waals surface area contributed by atoms with Crippen molar-refractivity contribution in [2.45, 2.75) is 11.3 Å². The van der Waals surface area contributed by atoms with Crippen LogP contribution in [0.4, 0.5) is 4.79 Å². The maximum atomic E-state index is 13.1. The number of urea groups is 1. The predicted octanol–water partition coefficient (Wildman–Crippen LogP) is 3.55. The zero-order valence-corrected chi connectivity index (χ0v) is 16.7. The van der Waals surface area contributed by atoms with Crippen molar-refractivity contribution in [3.05, 3.63) is 69.7 Å². The van der Waals surface area contributed by atoms with Gasteiger partial charge in [-0.2, -0.15) is 12.7 Å². The molecule has 0 saturated carbocycles. The molecule has 3 unspecified atom stereocenters. The Kier molecular flexibility index (Phi) is 3.45. The fourth-order valence-electron chi connectivity index (χ4n) is 4.18. The first kappa shape index (κ1) is 17.6. The smallest absolute Gasteiger partial charge is 0.295 e. The Morgan fingerprint density at radius 2 is 1.30 bits per heavy atom. The zero-order chi connectivity index (χ0) is 19.2. The van der Waals surface area contributed by atoms with Gasteiger partial charge in [-0.05, 0) is 35.4 Å². The van der Waals surface area contributed by atoms with Gasteiger partial charge >= 0.3 is 15.3 Å². The van der Waals surface area contributed by atoms with Crippen LogP contribution < -0.4 is 0 Å². The molecule has 140 valence electrons. The SMILES string of the molecule is O=C1N2CC2(c2ccc(Cl)cc2)N2CC2(c2ccc(Cl)cc2)N1S(=O)(=O)Cl. The molecule has 3 atom stereocenters. The molecule has 0 spiro atoms. The summed E-state index contributed by atoms with van der Waals surface area (Å²) >= 11 is 12.0. The van der Waals surface area contributed by atoms with Crippen molar-refractivity contribution in [2.24, 2.45) is 0 Å². The molecule has 2 aromatic rings. The Morgan fingerprint density at radius 1 is 0.815 bits per heavy atom. The fraction of sp³-hybridized carbons (Fsp3) is 0.235. The molecule has 3 aliphatic rings. The van der Waals surface area contributed by atoms with E-state index in [0.29, 0.717) is 28.7 Å². The van der Waals surface area contributed by atoms with Gasteiger partial charge in [-0.1, -0.05) is 47.5 Å². The molecule has 0 bridgehead atoms. The molecule has 3 saturated heterocycles. The molecule has 0 aliphatic carbocycles. The summed E-state index contributed by atoms with van der Waals surface area (Å²) in [6, 6.07) is 13.4. The molecule has 3 aliphatic heterocycles. The molecule has 0 radical (unpaired) electrons. The minimum Gasteiger partial charge on any atom is -0.295 e. The molecule has 0 N–H and O–H groups in total. The van der Waals surface area contributed by atoms with E-state index in [2.05, 4.69) is 0 Å². The summed E-state index contributed by atoms with van der Waals surface area (Å²) in [6.45, 7) is 0.719. The molecular weight excluding hydrogens is 433 g/mol. The molecular formula is C17H12Cl3N3O3S. The van der Waals surface area contributed by atoms with Crippen LogP contribution in [0.1, 0.15) is 11.1 Å². The highest BCUT2D eigenvalue weighted by Crippen LogP contribution is 2.65. The lowest BCUT2D eigenvalue weighted by Gasteiger charge is -2.37. The van der Waals surface area contributed by atoms with Gasteiger partial charge in [-0.25, -0.2) is 9.69 Å². The average molecular weight is 445 g/mol. The zero-order valence-electron chi connectivity index (χ0n) is 13.6. The van der Waals surface area contributed by atoms with E-state index in [1.807, 2.05) is 17.0 Å². The third-order valence-corrected chi connectivity index (χ3v) is 7.27. The number of rotatable bonds is 3. The Hall–Kier alpha value is -1.51. The number of carbonyl (C=O) groups excluding carboxylic acids is 1. The van der Waals surface area contributed by atoms with Crippen molar-refractivity contribution in [1.29, 1.82) is 0 Å². The molecule has 3 fully saturated rings. The Bertz CT molecular complexity index is 1080. The van der Waals surface area contributed by atoms with E-state index in [0.717, 1.165) is 9.87 Å². The average Bonchev–Trinajstić information content (AvgIpc) is 3.48. The Labute approximate surface area is 170 Å². The summed E-state index contributed by atoms with van der Waals surface area (Å²) in [6.07, 6.45) is 0. The van der Waals surface area contributed by atoms with Gasteiger partial charge < -0.3 is 0 Å². The molecule has 10 heteroatoms. The quantitative estimate of drug-likeness (QED) is 0.536. The van der Waals surface area contributed by atoms with Gasteiger partial charge in [0.05, 0.1) is 6.54 Å². The minimum absolute atomic E-state index is 0.339. The molecule has 2 aromatic carbocycles. The second-order valence-electron chi connectivity index (χ2n) is 6.81. The van der Waals surface area contributed by atoms with Gasteiger partial charge in [0.25, 0.3) is 0 Å². The number of carbonyl (C=O) groups is 1. The molecule has 0 aromatic heterocycles. The number of amides is 2. The molecule has 3 heterocycles. The topological polar surface area (TPSA) is 60.5 Å². The van der Waals surface area contributed by atoms with Gasteiger partial charge in [-0.15, -0.1) is 0 Å². The van der Waals surface area contributed by atoms with Crippen LogP contribution >= 0.6 is 33.9 Å². The van der Waals surface area contributed by atoms with E-state index in [1.54, 1.807) is 36.4 Å². The number of hydrogen-bond donors (Lipinski definition) is 0. The molecule has 2 amide bonds. The Balaban J connectivity index is 1.68. The van der Waals surface area contributed by atoms with Gasteiger partial charge in [0.2, 0.25) is 0 Å². The van der Waals surface area contributed by atoms with Crippen LogP contribution in [0.2, 0.25) is 10.0 Å². The first-order valence-corrected chi connectivity index (χ1v) is 11.1. The minimum atomic E-state index is -4.30. The Morgan fingerprint density at radius 3 is 1.78 bits per heavy atom. The monoisotopic (exact) mass is 443 g/mol. The van der Waals surface area contributed by atoms with Crippen molar-refractivity contribution in [3.8, 4) is 0 Å². The van der Waals surface area contributed by atoms with E-state index in [-0.39, 0.29) is 0 Å². The van der Waals surface area contributed by atoms with Gasteiger partial charge in [0, 0.05) is 27.3 Å². The maximum absolute atomic E-state index is 13.1. The second kappa shape index (κ2) is 5.30. The van der Waals surface area contributed by atoms with Crippen molar-refractivity contribution in [3.63, 3.8) is 0 Å². The summed E-state index contributed by atoms with van der Waals surface area (Å²) in [5.41, 5.74) is -0.332. The van der Waals surface area contributed by atoms with E-state index in [1.165, 1.54) is 4.90 Å². The molecule has 27 heavy (non-hydrogen) atoms. The largest absolute Gasteiger partial charge is 0.338 e. The second-order valence-corrected chi connectivity index (χ2v) is 10.0. The maximum Gasteiger partial charge on any atom is 0.338 e. The summed E-state index contributed by atoms with van der Waals surface area (Å²) in [7, 11) is 1.37. The predicted molar refractivity (Wildman–Crippen MR) is 102 cm³/mol. The van der Waals surface area contributed by atoms with Gasteiger partial charge in [-0.3, -0.25) is 4.90 Å². The van der Waals surface area contributed by atoms with Gasteiger partial charge in [0.15, 0.2) is 5.66 Å². The molecule has 5 rings (SSSR count). The van der Waals surface area contributed by atoms with Crippen molar-refractivity contribution >= 4 is 49.2 Å². The van der Waals surface area contributed by atoms with Gasteiger partial charge in [0.1, 0.15) is 5.66 Å². The number of fused-ring (bicyclic) bond motifs is 3. The fourth-order valence-corrected chi connectivity index (χ4v) is 5.86. The van der Waals surface area contributed by atoms with Crippen LogP contribution in [0, 0.1) is 0 Å². The number of nitrogens with zero attached hydrogens (tertiary/aromatic N) is 3. The van der Waals surface area contributed by atoms with Crippen molar-refractivity contribution < 1.29 is 13.2 Å². The lowest BCUT2D eigenvalue weighted by atomic mass is 10.0. The first-order valence-electron chi connectivity index (χ1n) is 8.08. The highest BCUT2D eigenvalue weighted by atomic mass is 35.7. The summed E-state index contributed by atoms with van der Waals surface area (Å²) in [4.78, 5) is 16.5. The standard InChI is InChI=1S/C17H12Cl3N3O3S/c18-13-5-1-11(2-6-13)16-9-21(16)15(24)23(27(20,25)26)17(10-22(16)17)12-3-7-14(19)8-4-12/h1-8H,9-10H2. The summed E-state index contributed by atoms with van der Waals surface area (Å²) in [5, 5.41) is 1.11. The van der Waals surface area contributed by atoms with Crippen LogP contribution in [0.3, 0.4) is 0 Å². The van der Waals surface area contributed by atoms with Crippen molar-refractivity contribution in [2.75, 3.05) is 13.1 Å². The first-order chi connectivity index (χ1) is 12.7. The van der Waals surface area contributed by atoms with Crippen molar-refractivity contribution in [1.82, 2.24) is 14.1 Å². The lowest BCUT2D eigenvalue weighted by Crippen LogP contribution is -2.54. The number of hydrogen-bond acceptors (Lipinski definition) is 4. The van der Waals surface area contributed by atoms with E-state index in [9.17, 15) is 13.2 Å². The highest BCUT2D eigenvalue weighted by Gasteiger charge is 2.82. The van der Waals surface area contributed by atoms with E-state index >= 15 is 0 Å². The van der Waals surface area contributed by atoms with Crippen LogP contribution in [0.25, 0.3) is 0 Å². The third kappa shape index (κ3) is 2.23. The lowest BCUT2D eigenvalue weighted by molar-refractivity contribution is 0.101. The number of halogens is 3. The highest BCUT2D eigenvalue weighted by molar-refractivity contribution is 8.12. The van der Waals surface area contributed by atoms with Crippen LogP contribution in [-0.2, 0) is 20.6 Å². The summed E-state index contributed by atoms with van der Waals surface area (Å²) < 4.78 is 25.4. The third-order valence-electron chi connectivity index (χ3n) is 5.46. The number of benzene rings is 2. The normalized spacial score (nSPS) is 31.4. The molecule has 6 nitrogen and oxygen atoms in total.